The number of halogens is 3. The van der Waals surface area contributed by atoms with Crippen LogP contribution in [0.1, 0.15) is 31.7 Å². The van der Waals surface area contributed by atoms with Crippen LogP contribution in [-0.4, -0.2) is 56.2 Å². The number of likely N-dealkylation sites (tertiary alicyclic amines) is 1. The monoisotopic (exact) mass is 588 g/mol. The van der Waals surface area contributed by atoms with Gasteiger partial charge in [-0.25, -0.2) is 23.4 Å². The van der Waals surface area contributed by atoms with E-state index in [0.29, 0.717) is 30.4 Å². The van der Waals surface area contributed by atoms with Gasteiger partial charge in [0, 0.05) is 30.8 Å². The largest absolute Gasteiger partial charge is 0.454 e. The number of amides is 1. The summed E-state index contributed by atoms with van der Waals surface area (Å²) in [5.41, 5.74) is 6.94. The lowest BCUT2D eigenvalue weighted by Crippen LogP contribution is -2.41. The third-order valence-electron chi connectivity index (χ3n) is 7.70. The zero-order valence-corrected chi connectivity index (χ0v) is 22.9. The molecule has 13 heteroatoms. The number of nitrogens with zero attached hydrogens (tertiary/aromatic N) is 6. The second kappa shape index (κ2) is 11.7. The van der Waals surface area contributed by atoms with E-state index in [1.807, 2.05) is 0 Å². The molecule has 0 radical (unpaired) electrons. The van der Waals surface area contributed by atoms with E-state index in [2.05, 4.69) is 21.4 Å². The normalized spacial score (nSPS) is 19.0. The van der Waals surface area contributed by atoms with Gasteiger partial charge in [-0.2, -0.15) is 14.8 Å². The van der Waals surface area contributed by atoms with Crippen molar-refractivity contribution >= 4 is 22.8 Å². The smallest absolute Gasteiger partial charge is 0.264 e. The van der Waals surface area contributed by atoms with Crippen molar-refractivity contribution in [3.05, 3.63) is 71.8 Å². The number of nitrogen functional groups attached to an aromatic ring is 1. The van der Waals surface area contributed by atoms with Crippen molar-refractivity contribution in [1.29, 1.82) is 5.26 Å². The molecule has 2 aliphatic heterocycles. The molecular formula is C30H27F3N8O2. The lowest BCUT2D eigenvalue weighted by molar-refractivity contribution is -0.128. The van der Waals surface area contributed by atoms with Gasteiger partial charge in [0.05, 0.1) is 11.4 Å². The first-order valence-corrected chi connectivity index (χ1v) is 13.9. The molecule has 3 N–H and O–H groups in total. The van der Waals surface area contributed by atoms with Crippen molar-refractivity contribution in [2.45, 2.75) is 37.8 Å². The minimum Gasteiger partial charge on any atom is -0.454 e. The molecule has 2 saturated heterocycles. The Morgan fingerprint density at radius 3 is 2.77 bits per heavy atom. The van der Waals surface area contributed by atoms with Crippen LogP contribution in [0.25, 0.3) is 22.3 Å². The zero-order valence-electron chi connectivity index (χ0n) is 22.9. The highest BCUT2D eigenvalue weighted by molar-refractivity contribution is 5.99. The maximum Gasteiger partial charge on any atom is 0.264 e. The van der Waals surface area contributed by atoms with Gasteiger partial charge in [0.2, 0.25) is 5.82 Å². The molecular weight excluding hydrogens is 561 g/mol. The Morgan fingerprint density at radius 1 is 1.14 bits per heavy atom. The molecule has 4 aromatic rings. The first kappa shape index (κ1) is 28.2. The molecule has 2 fully saturated rings. The fraction of sp³-hybridized carbons (Fsp3) is 0.300. The number of aromatic nitrogens is 4. The van der Waals surface area contributed by atoms with Gasteiger partial charge in [-0.3, -0.25) is 4.79 Å². The Bertz CT molecular complexity index is 1780. The highest BCUT2D eigenvalue weighted by Crippen LogP contribution is 2.37. The zero-order chi connectivity index (χ0) is 30.1. The Balaban J connectivity index is 1.31. The van der Waals surface area contributed by atoms with Gasteiger partial charge in [-0.15, -0.1) is 0 Å². The van der Waals surface area contributed by atoms with Gasteiger partial charge in [0.15, 0.2) is 17.2 Å². The van der Waals surface area contributed by atoms with Crippen molar-refractivity contribution in [3.8, 4) is 28.8 Å². The molecule has 0 bridgehead atoms. The van der Waals surface area contributed by atoms with Gasteiger partial charge < -0.3 is 20.7 Å². The van der Waals surface area contributed by atoms with Crippen molar-refractivity contribution in [3.63, 3.8) is 0 Å². The molecule has 0 saturated carbocycles. The molecule has 2 atom stereocenters. The number of nitrogens with one attached hydrogen (secondary N) is 1. The van der Waals surface area contributed by atoms with Gasteiger partial charge in [0.25, 0.3) is 5.91 Å². The lowest BCUT2D eigenvalue weighted by Gasteiger charge is -2.33. The molecule has 2 aliphatic rings. The van der Waals surface area contributed by atoms with Crippen LogP contribution < -0.4 is 15.8 Å². The Morgan fingerprint density at radius 2 is 2.00 bits per heavy atom. The van der Waals surface area contributed by atoms with Gasteiger partial charge >= 0.3 is 0 Å². The standard InChI is InChI=1S/C30H27F3N8O2/c31-22-6-1-7-24(26(22)33)43-20-8-9-21(23(32)13-20)27-25-28(35)37-16-38-29(25)41(39-27)19-5-3-11-40(15-19)30(42)17(14-34)12-18-4-2-10-36-18/h1,6-9,12-13,16,18-19,36H,2-5,10-11,15H2,(H2,35,37,38)/b17-12+/t18?,19-/m0/s1. The maximum absolute atomic E-state index is 15.5. The quantitative estimate of drug-likeness (QED) is 0.246. The first-order valence-electron chi connectivity index (χ1n) is 13.9. The number of hydrogen-bond acceptors (Lipinski definition) is 8. The van der Waals surface area contributed by atoms with Crippen LogP contribution in [0.5, 0.6) is 11.5 Å². The maximum atomic E-state index is 15.5. The van der Waals surface area contributed by atoms with Gasteiger partial charge in [0.1, 0.15) is 41.0 Å². The number of carbonyl (C=O) groups excluding carboxylic acids is 1. The summed E-state index contributed by atoms with van der Waals surface area (Å²) in [4.78, 5) is 23.4. The van der Waals surface area contributed by atoms with Crippen molar-refractivity contribution < 1.29 is 22.7 Å². The predicted octanol–water partition coefficient (Wildman–Crippen LogP) is 4.65. The summed E-state index contributed by atoms with van der Waals surface area (Å²) >= 11 is 0. The van der Waals surface area contributed by atoms with Crippen LogP contribution in [0.15, 0.2) is 54.4 Å². The van der Waals surface area contributed by atoms with Crippen LogP contribution in [0.3, 0.4) is 0 Å². The van der Waals surface area contributed by atoms with E-state index in [1.165, 1.54) is 30.6 Å². The van der Waals surface area contributed by atoms with Crippen LogP contribution in [0, 0.1) is 28.8 Å². The molecule has 1 unspecified atom stereocenters. The molecule has 10 nitrogen and oxygen atoms in total. The summed E-state index contributed by atoms with van der Waals surface area (Å²) < 4.78 is 50.2. The number of carbonyl (C=O) groups is 1. The highest BCUT2D eigenvalue weighted by atomic mass is 19.2. The number of piperidine rings is 1. The molecule has 2 aromatic heterocycles. The van der Waals surface area contributed by atoms with E-state index in [1.54, 1.807) is 15.7 Å². The average Bonchev–Trinajstić information content (AvgIpc) is 3.67. The predicted molar refractivity (Wildman–Crippen MR) is 151 cm³/mol. The minimum atomic E-state index is -1.19. The van der Waals surface area contributed by atoms with Crippen molar-refractivity contribution in [1.82, 2.24) is 30.0 Å². The van der Waals surface area contributed by atoms with E-state index >= 15 is 4.39 Å². The lowest BCUT2D eigenvalue weighted by atomic mass is 10.0. The second-order valence-corrected chi connectivity index (χ2v) is 10.5. The van der Waals surface area contributed by atoms with Crippen LogP contribution in [0.4, 0.5) is 19.0 Å². The fourth-order valence-electron chi connectivity index (χ4n) is 5.60. The number of nitriles is 1. The molecule has 4 heterocycles. The summed E-state index contributed by atoms with van der Waals surface area (Å²) in [6.07, 6.45) is 6.17. The molecule has 220 valence electrons. The number of benzene rings is 2. The molecule has 43 heavy (non-hydrogen) atoms. The highest BCUT2D eigenvalue weighted by Gasteiger charge is 2.31. The summed E-state index contributed by atoms with van der Waals surface area (Å²) in [6.45, 7) is 1.60. The van der Waals surface area contributed by atoms with E-state index < -0.39 is 17.5 Å². The molecule has 1 amide bonds. The third kappa shape index (κ3) is 5.49. The summed E-state index contributed by atoms with van der Waals surface area (Å²) in [5, 5.41) is 18.0. The second-order valence-electron chi connectivity index (χ2n) is 10.5. The molecule has 6 rings (SSSR count). The SMILES string of the molecule is N#C/C(=C\C1CCCN1)C(=O)N1CCC[C@H](n2nc(-c3ccc(Oc4cccc(F)c4F)cc3F)c3c(N)ncnc32)C1. The summed E-state index contributed by atoms with van der Waals surface area (Å²) in [7, 11) is 0. The molecule has 0 spiro atoms. The first-order chi connectivity index (χ1) is 20.8. The number of fused-ring (bicyclic) bond motifs is 1. The van der Waals surface area contributed by atoms with E-state index in [9.17, 15) is 18.8 Å². The summed E-state index contributed by atoms with van der Waals surface area (Å²) in [5.74, 6) is -3.70. The van der Waals surface area contributed by atoms with Crippen LogP contribution >= 0.6 is 0 Å². The Labute approximate surface area is 244 Å². The number of anilines is 1. The average molecular weight is 589 g/mol. The van der Waals surface area contributed by atoms with E-state index in [-0.39, 0.29) is 58.7 Å². The van der Waals surface area contributed by atoms with Gasteiger partial charge in [-0.05, 0) is 62.6 Å². The number of nitrogens with two attached hydrogens (primary N) is 1. The van der Waals surface area contributed by atoms with Gasteiger partial charge in [-0.1, -0.05) is 6.07 Å². The number of ether oxygens (including phenoxy) is 1. The van der Waals surface area contributed by atoms with Crippen molar-refractivity contribution in [2.75, 3.05) is 25.4 Å². The van der Waals surface area contributed by atoms with E-state index in [0.717, 1.165) is 31.5 Å². The fourth-order valence-corrected chi connectivity index (χ4v) is 5.60. The minimum absolute atomic E-state index is 0.00366. The topological polar surface area (TPSA) is 135 Å². The van der Waals surface area contributed by atoms with Crippen LogP contribution in [-0.2, 0) is 4.79 Å². The van der Waals surface area contributed by atoms with Crippen LogP contribution in [0.2, 0.25) is 0 Å². The number of rotatable bonds is 6. The Hall–Kier alpha value is -4.96. The third-order valence-corrected chi connectivity index (χ3v) is 7.70. The number of hydrogen-bond donors (Lipinski definition) is 2. The molecule has 0 aliphatic carbocycles. The van der Waals surface area contributed by atoms with Crippen molar-refractivity contribution in [2.24, 2.45) is 0 Å². The van der Waals surface area contributed by atoms with E-state index in [4.69, 9.17) is 15.6 Å². The summed E-state index contributed by atoms with van der Waals surface area (Å²) in [6, 6.07) is 9.04. The Kier molecular flexibility index (Phi) is 7.69. The molecule has 2 aromatic carbocycles.